The molecule has 3 aromatic rings. The predicted octanol–water partition coefficient (Wildman–Crippen LogP) is 2.52. The third-order valence-electron chi connectivity index (χ3n) is 3.08. The summed E-state index contributed by atoms with van der Waals surface area (Å²) in [5, 5.41) is 8.44. The van der Waals surface area contributed by atoms with Crippen molar-refractivity contribution < 1.29 is 9.53 Å². The Kier molecular flexibility index (Phi) is 3.27. The Bertz CT molecular complexity index is 774. The van der Waals surface area contributed by atoms with Crippen LogP contribution in [-0.2, 0) is 7.05 Å². The van der Waals surface area contributed by atoms with Crippen LogP contribution in [0.3, 0.4) is 0 Å². The van der Waals surface area contributed by atoms with Crippen molar-refractivity contribution in [1.82, 2.24) is 19.6 Å². The summed E-state index contributed by atoms with van der Waals surface area (Å²) in [6.07, 6.45) is 4.08. The van der Waals surface area contributed by atoms with Crippen molar-refractivity contribution >= 4 is 6.29 Å². The van der Waals surface area contributed by atoms with Crippen LogP contribution in [0.4, 0.5) is 0 Å². The Labute approximate surface area is 121 Å². The van der Waals surface area contributed by atoms with Crippen LogP contribution in [0.1, 0.15) is 16.1 Å². The highest BCUT2D eigenvalue weighted by Crippen LogP contribution is 2.28. The minimum Gasteiger partial charge on any atom is -0.435 e. The standard InChI is InChI=1S/C15H14N4O2/c1-11-14(10-20)15(21-13-8-16-18(2)9-13)19(17-11)12-6-4-3-5-7-12/h3-10H,1-2H3. The molecule has 0 saturated carbocycles. The molecule has 6 heteroatoms. The van der Waals surface area contributed by atoms with Gasteiger partial charge in [0.2, 0.25) is 5.88 Å². The molecule has 3 rings (SSSR count). The summed E-state index contributed by atoms with van der Waals surface area (Å²) in [6.45, 7) is 1.78. The van der Waals surface area contributed by atoms with E-state index in [0.29, 0.717) is 22.9 Å². The van der Waals surface area contributed by atoms with Crippen LogP contribution >= 0.6 is 0 Å². The first-order valence-electron chi connectivity index (χ1n) is 6.46. The normalized spacial score (nSPS) is 10.6. The topological polar surface area (TPSA) is 61.9 Å². The fourth-order valence-corrected chi connectivity index (χ4v) is 2.06. The Morgan fingerprint density at radius 1 is 1.24 bits per heavy atom. The van der Waals surface area contributed by atoms with Crippen LogP contribution in [0, 0.1) is 6.92 Å². The molecule has 106 valence electrons. The summed E-state index contributed by atoms with van der Waals surface area (Å²) in [5.74, 6) is 0.944. The van der Waals surface area contributed by atoms with Gasteiger partial charge in [-0.05, 0) is 19.1 Å². The zero-order valence-corrected chi connectivity index (χ0v) is 11.7. The lowest BCUT2D eigenvalue weighted by molar-refractivity contribution is 0.112. The number of carbonyl (C=O) groups excluding carboxylic acids is 1. The monoisotopic (exact) mass is 282 g/mol. The number of aromatic nitrogens is 4. The maximum atomic E-state index is 11.3. The number of ether oxygens (including phenoxy) is 1. The van der Waals surface area contributed by atoms with Gasteiger partial charge in [0.05, 0.1) is 29.3 Å². The molecule has 2 aromatic heterocycles. The molecule has 0 fully saturated rings. The van der Waals surface area contributed by atoms with Crippen molar-refractivity contribution in [2.45, 2.75) is 6.92 Å². The number of aryl methyl sites for hydroxylation is 2. The lowest BCUT2D eigenvalue weighted by atomic mass is 10.3. The van der Waals surface area contributed by atoms with Gasteiger partial charge in [0, 0.05) is 7.05 Å². The Balaban J connectivity index is 2.10. The number of carbonyl (C=O) groups is 1. The highest BCUT2D eigenvalue weighted by Gasteiger charge is 2.18. The maximum absolute atomic E-state index is 11.3. The molecule has 0 aliphatic carbocycles. The number of nitrogens with zero attached hydrogens (tertiary/aromatic N) is 4. The van der Waals surface area contributed by atoms with Gasteiger partial charge in [-0.1, -0.05) is 18.2 Å². The van der Waals surface area contributed by atoms with E-state index in [4.69, 9.17) is 4.74 Å². The fourth-order valence-electron chi connectivity index (χ4n) is 2.06. The molecule has 0 saturated heterocycles. The molecule has 0 radical (unpaired) electrons. The average molecular weight is 282 g/mol. The summed E-state index contributed by atoms with van der Waals surface area (Å²) in [4.78, 5) is 11.3. The zero-order valence-electron chi connectivity index (χ0n) is 11.7. The van der Waals surface area contributed by atoms with Crippen LogP contribution < -0.4 is 4.74 Å². The number of para-hydroxylation sites is 1. The minimum atomic E-state index is 0.390. The highest BCUT2D eigenvalue weighted by molar-refractivity contribution is 5.80. The minimum absolute atomic E-state index is 0.390. The molecule has 2 heterocycles. The molecule has 21 heavy (non-hydrogen) atoms. The molecule has 0 spiro atoms. The van der Waals surface area contributed by atoms with Crippen molar-refractivity contribution in [2.75, 3.05) is 0 Å². The first kappa shape index (κ1) is 13.1. The molecule has 6 nitrogen and oxygen atoms in total. The maximum Gasteiger partial charge on any atom is 0.233 e. The lowest BCUT2D eigenvalue weighted by Crippen LogP contribution is -2.00. The second-order valence-electron chi connectivity index (χ2n) is 4.62. The molecule has 0 bridgehead atoms. The van der Waals surface area contributed by atoms with Gasteiger partial charge < -0.3 is 4.74 Å². The number of benzene rings is 1. The van der Waals surface area contributed by atoms with Gasteiger partial charge >= 0.3 is 0 Å². The van der Waals surface area contributed by atoms with Crippen molar-refractivity contribution in [1.29, 1.82) is 0 Å². The van der Waals surface area contributed by atoms with E-state index in [0.717, 1.165) is 12.0 Å². The molecule has 0 aliphatic rings. The molecule has 0 unspecified atom stereocenters. The van der Waals surface area contributed by atoms with Gasteiger partial charge in [-0.25, -0.2) is 0 Å². The van der Waals surface area contributed by atoms with Crippen LogP contribution in [0.2, 0.25) is 0 Å². The first-order valence-corrected chi connectivity index (χ1v) is 6.46. The van der Waals surface area contributed by atoms with E-state index in [1.807, 2.05) is 30.3 Å². The van der Waals surface area contributed by atoms with Crippen LogP contribution in [0.5, 0.6) is 11.6 Å². The van der Waals surface area contributed by atoms with Crippen LogP contribution in [0.15, 0.2) is 42.7 Å². The summed E-state index contributed by atoms with van der Waals surface area (Å²) >= 11 is 0. The summed E-state index contributed by atoms with van der Waals surface area (Å²) in [7, 11) is 1.80. The second-order valence-corrected chi connectivity index (χ2v) is 4.62. The number of hydrogen-bond donors (Lipinski definition) is 0. The van der Waals surface area contributed by atoms with E-state index in [-0.39, 0.29) is 0 Å². The van der Waals surface area contributed by atoms with Crippen molar-refractivity contribution in [3.05, 3.63) is 54.0 Å². The van der Waals surface area contributed by atoms with E-state index < -0.39 is 0 Å². The quantitative estimate of drug-likeness (QED) is 0.690. The molecule has 0 atom stereocenters. The van der Waals surface area contributed by atoms with Gasteiger partial charge in [0.15, 0.2) is 12.0 Å². The number of hydrogen-bond acceptors (Lipinski definition) is 4. The van der Waals surface area contributed by atoms with Gasteiger partial charge in [-0.3, -0.25) is 9.48 Å². The van der Waals surface area contributed by atoms with Gasteiger partial charge in [0.25, 0.3) is 0 Å². The van der Waals surface area contributed by atoms with E-state index in [1.165, 1.54) is 0 Å². The SMILES string of the molecule is Cc1nn(-c2ccccc2)c(Oc2cnn(C)c2)c1C=O. The smallest absolute Gasteiger partial charge is 0.233 e. The lowest BCUT2D eigenvalue weighted by Gasteiger charge is -2.07. The first-order chi connectivity index (χ1) is 10.2. The molecule has 0 aliphatic heterocycles. The number of aldehydes is 1. The fraction of sp³-hybridized carbons (Fsp3) is 0.133. The molecule has 1 aromatic carbocycles. The van der Waals surface area contributed by atoms with E-state index in [2.05, 4.69) is 10.2 Å². The highest BCUT2D eigenvalue weighted by atomic mass is 16.5. The second kappa shape index (κ2) is 5.24. The molecule has 0 N–H and O–H groups in total. The average Bonchev–Trinajstić information content (AvgIpc) is 3.04. The van der Waals surface area contributed by atoms with E-state index >= 15 is 0 Å². The molecule has 0 amide bonds. The molecular formula is C15H14N4O2. The largest absolute Gasteiger partial charge is 0.435 e. The Morgan fingerprint density at radius 2 is 2.00 bits per heavy atom. The van der Waals surface area contributed by atoms with Crippen molar-refractivity contribution in [2.24, 2.45) is 7.05 Å². The third-order valence-corrected chi connectivity index (χ3v) is 3.08. The van der Waals surface area contributed by atoms with Crippen molar-refractivity contribution in [3.8, 4) is 17.3 Å². The van der Waals surface area contributed by atoms with Gasteiger partial charge in [-0.15, -0.1) is 0 Å². The Hall–Kier alpha value is -2.89. The number of rotatable bonds is 4. The van der Waals surface area contributed by atoms with Crippen LogP contribution in [-0.4, -0.2) is 25.8 Å². The summed E-state index contributed by atoms with van der Waals surface area (Å²) < 4.78 is 9.06. The third kappa shape index (κ3) is 2.43. The van der Waals surface area contributed by atoms with E-state index in [1.54, 1.807) is 35.7 Å². The summed E-state index contributed by atoms with van der Waals surface area (Å²) in [5.41, 5.74) is 1.88. The molecular weight excluding hydrogens is 268 g/mol. The van der Waals surface area contributed by atoms with Gasteiger partial charge in [0.1, 0.15) is 0 Å². The zero-order chi connectivity index (χ0) is 14.8. The van der Waals surface area contributed by atoms with Crippen molar-refractivity contribution in [3.63, 3.8) is 0 Å². The summed E-state index contributed by atoms with van der Waals surface area (Å²) in [6, 6.07) is 9.53. The van der Waals surface area contributed by atoms with E-state index in [9.17, 15) is 4.79 Å². The van der Waals surface area contributed by atoms with Crippen LogP contribution in [0.25, 0.3) is 5.69 Å². The van der Waals surface area contributed by atoms with Gasteiger partial charge in [-0.2, -0.15) is 14.9 Å². The predicted molar refractivity (Wildman–Crippen MR) is 77.0 cm³/mol. The Morgan fingerprint density at radius 3 is 2.62 bits per heavy atom.